The first-order chi connectivity index (χ1) is 9.97. The van der Waals surface area contributed by atoms with Crippen molar-refractivity contribution in [1.29, 1.82) is 0 Å². The van der Waals surface area contributed by atoms with Crippen LogP contribution in [0, 0.1) is 18.6 Å². The first-order valence-electron chi connectivity index (χ1n) is 5.77. The molecule has 0 spiro atoms. The molecular formula is C12H10F2N4O2S. The summed E-state index contributed by atoms with van der Waals surface area (Å²) in [4.78, 5) is 25.4. The summed E-state index contributed by atoms with van der Waals surface area (Å²) < 4.78 is 26.7. The number of nitrogens with one attached hydrogen (secondary N) is 2. The van der Waals surface area contributed by atoms with E-state index in [1.165, 1.54) is 13.0 Å². The average molecular weight is 312 g/mol. The van der Waals surface area contributed by atoms with E-state index in [2.05, 4.69) is 20.5 Å². The van der Waals surface area contributed by atoms with Gasteiger partial charge in [-0.3, -0.25) is 14.6 Å². The van der Waals surface area contributed by atoms with Crippen molar-refractivity contribution in [2.24, 2.45) is 0 Å². The Hall–Kier alpha value is -2.29. The number of amides is 1. The molecule has 6 nitrogen and oxygen atoms in total. The third-order valence-corrected chi connectivity index (χ3v) is 3.27. The summed E-state index contributed by atoms with van der Waals surface area (Å²) in [6, 6.07) is 3.27. The van der Waals surface area contributed by atoms with Crippen molar-refractivity contribution >= 4 is 23.4 Å². The van der Waals surface area contributed by atoms with Crippen LogP contribution in [0.15, 0.2) is 28.2 Å². The van der Waals surface area contributed by atoms with Crippen LogP contribution in [0.1, 0.15) is 5.69 Å². The molecule has 0 unspecified atom stereocenters. The maximum absolute atomic E-state index is 13.3. The molecule has 0 atom stereocenters. The number of aromatic nitrogens is 3. The van der Waals surface area contributed by atoms with E-state index >= 15 is 0 Å². The van der Waals surface area contributed by atoms with E-state index in [1.807, 2.05) is 0 Å². The highest BCUT2D eigenvalue weighted by Crippen LogP contribution is 2.18. The lowest BCUT2D eigenvalue weighted by Crippen LogP contribution is -2.18. The van der Waals surface area contributed by atoms with Gasteiger partial charge in [-0.1, -0.05) is 17.8 Å². The number of aromatic amines is 1. The largest absolute Gasteiger partial charge is 0.320 e. The number of carbonyl (C=O) groups is 1. The van der Waals surface area contributed by atoms with Gasteiger partial charge in [-0.15, -0.1) is 10.2 Å². The number of nitrogens with zero attached hydrogens (tertiary/aromatic N) is 2. The third-order valence-electron chi connectivity index (χ3n) is 2.41. The van der Waals surface area contributed by atoms with Crippen molar-refractivity contribution in [3.05, 3.63) is 45.9 Å². The molecule has 0 fully saturated rings. The van der Waals surface area contributed by atoms with Crippen molar-refractivity contribution in [1.82, 2.24) is 15.2 Å². The number of carbonyl (C=O) groups excluding carboxylic acids is 1. The van der Waals surface area contributed by atoms with E-state index in [0.717, 1.165) is 23.9 Å². The fourth-order valence-corrected chi connectivity index (χ4v) is 1.97. The van der Waals surface area contributed by atoms with Gasteiger partial charge in [0.25, 0.3) is 5.56 Å². The van der Waals surface area contributed by atoms with Crippen LogP contribution in [0.2, 0.25) is 0 Å². The highest BCUT2D eigenvalue weighted by Gasteiger charge is 2.12. The summed E-state index contributed by atoms with van der Waals surface area (Å²) in [7, 11) is 0. The topological polar surface area (TPSA) is 87.7 Å². The molecule has 9 heteroatoms. The highest BCUT2D eigenvalue weighted by atomic mass is 32.2. The average Bonchev–Trinajstić information content (AvgIpc) is 2.44. The van der Waals surface area contributed by atoms with Crippen molar-refractivity contribution in [3.63, 3.8) is 0 Å². The minimum absolute atomic E-state index is 0.148. The molecule has 2 N–H and O–H groups in total. The zero-order valence-corrected chi connectivity index (χ0v) is 11.6. The Morgan fingerprint density at radius 1 is 1.33 bits per heavy atom. The van der Waals surface area contributed by atoms with Gasteiger partial charge in [0.2, 0.25) is 5.91 Å². The molecule has 0 aliphatic rings. The molecule has 1 aromatic carbocycles. The lowest BCUT2D eigenvalue weighted by atomic mass is 10.3. The summed E-state index contributed by atoms with van der Waals surface area (Å²) in [6.45, 7) is 1.49. The number of thioether (sulfide) groups is 1. The summed E-state index contributed by atoms with van der Waals surface area (Å²) in [6.07, 6.45) is 0. The fourth-order valence-electron chi connectivity index (χ4n) is 1.37. The molecule has 110 valence electrons. The van der Waals surface area contributed by atoms with Crippen molar-refractivity contribution in [2.75, 3.05) is 11.1 Å². The molecule has 0 aliphatic heterocycles. The van der Waals surface area contributed by atoms with E-state index < -0.39 is 28.8 Å². The summed E-state index contributed by atoms with van der Waals surface area (Å²) in [5.74, 6) is -2.54. The zero-order chi connectivity index (χ0) is 15.4. The number of para-hydroxylation sites is 1. The SMILES string of the molecule is Cc1nnc(SCC(=O)Nc2c(F)cccc2F)[nH]c1=O. The molecule has 2 aromatic rings. The fraction of sp³-hybridized carbons (Fsp3) is 0.167. The summed E-state index contributed by atoms with van der Waals surface area (Å²) in [5, 5.41) is 9.56. The number of hydrogen-bond acceptors (Lipinski definition) is 5. The van der Waals surface area contributed by atoms with E-state index in [4.69, 9.17) is 0 Å². The Bertz CT molecular complexity index is 715. The molecule has 1 aromatic heterocycles. The predicted molar refractivity (Wildman–Crippen MR) is 73.1 cm³/mol. The first-order valence-corrected chi connectivity index (χ1v) is 6.76. The zero-order valence-electron chi connectivity index (χ0n) is 10.8. The van der Waals surface area contributed by atoms with Crippen LogP contribution in [0.4, 0.5) is 14.5 Å². The molecule has 0 aliphatic carbocycles. The lowest BCUT2D eigenvalue weighted by Gasteiger charge is -2.06. The number of halogens is 2. The maximum atomic E-state index is 13.3. The van der Waals surface area contributed by atoms with Gasteiger partial charge in [0.1, 0.15) is 23.0 Å². The number of rotatable bonds is 4. The molecule has 0 saturated carbocycles. The third kappa shape index (κ3) is 3.85. The Kier molecular flexibility index (Phi) is 4.63. The van der Waals surface area contributed by atoms with E-state index in [0.29, 0.717) is 0 Å². The smallest absolute Gasteiger partial charge is 0.273 e. The predicted octanol–water partition coefficient (Wildman–Crippen LogP) is 1.48. The standard InChI is InChI=1S/C12H10F2N4O2S/c1-6-11(20)16-12(18-17-6)21-5-9(19)15-10-7(13)3-2-4-8(10)14/h2-4H,5H2,1H3,(H,15,19)(H,16,18,20). The van der Waals surface area contributed by atoms with Crippen LogP contribution >= 0.6 is 11.8 Å². The van der Waals surface area contributed by atoms with Crippen LogP contribution in [-0.2, 0) is 4.79 Å². The monoisotopic (exact) mass is 312 g/mol. The van der Waals surface area contributed by atoms with Crippen LogP contribution < -0.4 is 10.9 Å². The molecule has 2 rings (SSSR count). The van der Waals surface area contributed by atoms with Gasteiger partial charge in [-0.05, 0) is 19.1 Å². The lowest BCUT2D eigenvalue weighted by molar-refractivity contribution is -0.113. The quantitative estimate of drug-likeness (QED) is 0.835. The van der Waals surface area contributed by atoms with Crippen LogP contribution in [0.3, 0.4) is 0 Å². The van der Waals surface area contributed by atoms with Crippen LogP contribution in [0.5, 0.6) is 0 Å². The molecule has 21 heavy (non-hydrogen) atoms. The molecular weight excluding hydrogens is 302 g/mol. The summed E-state index contributed by atoms with van der Waals surface area (Å²) in [5.41, 5.74) is -0.711. The second-order valence-corrected chi connectivity index (χ2v) is 4.94. The van der Waals surface area contributed by atoms with Crippen molar-refractivity contribution in [2.45, 2.75) is 12.1 Å². The maximum Gasteiger partial charge on any atom is 0.273 e. The minimum Gasteiger partial charge on any atom is -0.320 e. The molecule has 0 radical (unpaired) electrons. The molecule has 0 bridgehead atoms. The van der Waals surface area contributed by atoms with Gasteiger partial charge in [-0.2, -0.15) is 0 Å². The summed E-state index contributed by atoms with van der Waals surface area (Å²) >= 11 is 0.896. The van der Waals surface area contributed by atoms with Crippen LogP contribution in [0.25, 0.3) is 0 Å². The highest BCUT2D eigenvalue weighted by molar-refractivity contribution is 7.99. The Labute approximate surface area is 122 Å². The van der Waals surface area contributed by atoms with Gasteiger partial charge in [0.05, 0.1) is 5.75 Å². The molecule has 1 heterocycles. The number of H-pyrrole nitrogens is 1. The minimum atomic E-state index is -0.864. The molecule has 0 saturated heterocycles. The Balaban J connectivity index is 1.99. The van der Waals surface area contributed by atoms with Crippen molar-refractivity contribution < 1.29 is 13.6 Å². The Morgan fingerprint density at radius 3 is 2.62 bits per heavy atom. The normalized spacial score (nSPS) is 10.4. The number of anilines is 1. The number of aryl methyl sites for hydroxylation is 1. The molecule has 1 amide bonds. The van der Waals surface area contributed by atoms with E-state index in [9.17, 15) is 18.4 Å². The van der Waals surface area contributed by atoms with Crippen molar-refractivity contribution in [3.8, 4) is 0 Å². The number of benzene rings is 1. The van der Waals surface area contributed by atoms with Gasteiger partial charge >= 0.3 is 0 Å². The van der Waals surface area contributed by atoms with E-state index in [1.54, 1.807) is 0 Å². The van der Waals surface area contributed by atoms with Gasteiger partial charge in [-0.25, -0.2) is 8.78 Å². The van der Waals surface area contributed by atoms with Gasteiger partial charge in [0.15, 0.2) is 5.16 Å². The number of hydrogen-bond donors (Lipinski definition) is 2. The second kappa shape index (κ2) is 6.44. The van der Waals surface area contributed by atoms with Gasteiger partial charge in [0, 0.05) is 0 Å². The van der Waals surface area contributed by atoms with Gasteiger partial charge < -0.3 is 5.32 Å². The van der Waals surface area contributed by atoms with Crippen LogP contribution in [-0.4, -0.2) is 26.8 Å². The Morgan fingerprint density at radius 2 is 2.00 bits per heavy atom. The first kappa shape index (κ1) is 15.1. The van der Waals surface area contributed by atoms with E-state index in [-0.39, 0.29) is 16.6 Å². The second-order valence-electron chi connectivity index (χ2n) is 3.98.